The van der Waals surface area contributed by atoms with Gasteiger partial charge in [-0.05, 0) is 37.6 Å². The molecule has 2 aliphatic heterocycles. The molecule has 3 heterocycles. The molecule has 3 aromatic rings. The average Bonchev–Trinajstić information content (AvgIpc) is 3.55. The van der Waals surface area contributed by atoms with Crippen LogP contribution in [0.5, 0.6) is 11.8 Å². The highest BCUT2D eigenvalue weighted by atomic mass is 19.1. The summed E-state index contributed by atoms with van der Waals surface area (Å²) in [6.45, 7) is 5.72. The minimum atomic E-state index is -0.614. The van der Waals surface area contributed by atoms with E-state index in [0.717, 1.165) is 49.0 Å². The summed E-state index contributed by atoms with van der Waals surface area (Å²) in [5, 5.41) is 3.26. The number of aliphatic imine (C=N–C) groups is 1. The van der Waals surface area contributed by atoms with Crippen molar-refractivity contribution in [3.63, 3.8) is 0 Å². The molecule has 9 heteroatoms. The number of nitrogens with one attached hydrogen (secondary N) is 1. The number of aromatic nitrogens is 2. The third-order valence-electron chi connectivity index (χ3n) is 7.02. The molecule has 0 saturated carbocycles. The van der Waals surface area contributed by atoms with Gasteiger partial charge in [0.1, 0.15) is 23.3 Å². The van der Waals surface area contributed by atoms with Crippen LogP contribution in [0.1, 0.15) is 23.6 Å². The molecule has 0 atom stereocenters. The van der Waals surface area contributed by atoms with E-state index in [1.165, 1.54) is 0 Å². The molecular weight excluding hydrogens is 486 g/mol. The Morgan fingerprint density at radius 1 is 0.974 bits per heavy atom. The van der Waals surface area contributed by atoms with Crippen molar-refractivity contribution in [3.05, 3.63) is 82.4 Å². The van der Waals surface area contributed by atoms with Crippen LogP contribution in [-0.4, -0.2) is 60.5 Å². The number of hydrogen-bond donors (Lipinski definition) is 1. The predicted octanol–water partition coefficient (Wildman–Crippen LogP) is 5.17. The summed E-state index contributed by atoms with van der Waals surface area (Å²) in [5.74, 6) is 0.417. The van der Waals surface area contributed by atoms with Gasteiger partial charge in [-0.15, -0.1) is 0 Å². The number of halogens is 2. The second-order valence-corrected chi connectivity index (χ2v) is 9.88. The zero-order chi connectivity index (χ0) is 26.2. The van der Waals surface area contributed by atoms with Crippen LogP contribution in [0.15, 0.2) is 59.1 Å². The van der Waals surface area contributed by atoms with E-state index in [-0.39, 0.29) is 17.3 Å². The number of amidine groups is 1. The van der Waals surface area contributed by atoms with Gasteiger partial charge in [0.15, 0.2) is 11.6 Å². The zero-order valence-electron chi connectivity index (χ0n) is 21.3. The standard InChI is InChI=1S/C29H28F2N6O/c1-18-12-21-22(13-18)28(31)24(15-23(21)30)38-29-34-26(16-27(35-29)37-10-8-36(2)9-11-37)33-25-14-20(17-32-25)19-6-4-3-5-7-19/h3-7,13-16H,8-12,17H2,1-2H3,(H,32,33,34,35). The molecule has 38 heavy (non-hydrogen) atoms. The summed E-state index contributed by atoms with van der Waals surface area (Å²) in [5.41, 5.74) is 3.68. The number of likely N-dealkylation sites (N-methyl/N-ethyl adjacent to an activating group) is 1. The van der Waals surface area contributed by atoms with Gasteiger partial charge in [0, 0.05) is 49.4 Å². The fraction of sp³-hybridized carbons (Fsp3) is 0.276. The van der Waals surface area contributed by atoms with Crippen LogP contribution in [0.4, 0.5) is 20.4 Å². The van der Waals surface area contributed by atoms with Gasteiger partial charge >= 0.3 is 6.01 Å². The average molecular weight is 515 g/mol. The van der Waals surface area contributed by atoms with E-state index in [1.807, 2.05) is 49.4 Å². The van der Waals surface area contributed by atoms with Crippen molar-refractivity contribution in [2.24, 2.45) is 4.99 Å². The second kappa shape index (κ2) is 9.98. The third kappa shape index (κ3) is 4.89. The summed E-state index contributed by atoms with van der Waals surface area (Å²) in [7, 11) is 2.08. The minimum Gasteiger partial charge on any atom is -0.421 e. The Hall–Kier alpha value is -4.11. The number of rotatable bonds is 5. The number of ether oxygens (including phenoxy) is 1. The summed E-state index contributed by atoms with van der Waals surface area (Å²) in [6.07, 6.45) is 4.03. The van der Waals surface area contributed by atoms with E-state index in [2.05, 4.69) is 37.1 Å². The smallest absolute Gasteiger partial charge is 0.326 e. The van der Waals surface area contributed by atoms with E-state index < -0.39 is 11.6 Å². The first-order valence-corrected chi connectivity index (χ1v) is 12.7. The van der Waals surface area contributed by atoms with Crippen molar-refractivity contribution in [3.8, 4) is 11.8 Å². The predicted molar refractivity (Wildman–Crippen MR) is 146 cm³/mol. The van der Waals surface area contributed by atoms with E-state index >= 15 is 4.39 Å². The molecular formula is C29H28F2N6O. The van der Waals surface area contributed by atoms with Crippen LogP contribution >= 0.6 is 0 Å². The van der Waals surface area contributed by atoms with Gasteiger partial charge < -0.3 is 19.9 Å². The normalized spacial score (nSPS) is 17.2. The lowest BCUT2D eigenvalue weighted by Crippen LogP contribution is -2.44. The molecule has 1 aromatic heterocycles. The number of allylic oxidation sites excluding steroid dienone is 1. The second-order valence-electron chi connectivity index (χ2n) is 9.88. The number of piperazine rings is 1. The SMILES string of the molecule is CC1=Cc2c(F)c(Oc3nc(NC4=NCC(c5ccccc5)=C4)cc(N4CCN(C)CC4)n3)cc(F)c2C1. The lowest BCUT2D eigenvalue weighted by molar-refractivity contribution is 0.311. The Kier molecular flexibility index (Phi) is 6.37. The summed E-state index contributed by atoms with van der Waals surface area (Å²) >= 11 is 0. The Morgan fingerprint density at radius 3 is 2.55 bits per heavy atom. The van der Waals surface area contributed by atoms with E-state index in [0.29, 0.717) is 36.0 Å². The fourth-order valence-corrected chi connectivity index (χ4v) is 4.92. The first-order valence-electron chi connectivity index (χ1n) is 12.7. The molecule has 0 radical (unpaired) electrons. The Morgan fingerprint density at radius 2 is 1.76 bits per heavy atom. The molecule has 0 spiro atoms. The van der Waals surface area contributed by atoms with E-state index in [4.69, 9.17) is 4.74 Å². The quantitative estimate of drug-likeness (QED) is 0.507. The molecule has 3 aliphatic rings. The summed E-state index contributed by atoms with van der Waals surface area (Å²) in [4.78, 5) is 18.0. The van der Waals surface area contributed by atoms with Gasteiger partial charge in [-0.3, -0.25) is 4.99 Å². The fourth-order valence-electron chi connectivity index (χ4n) is 4.92. The Bertz CT molecular complexity index is 1480. The van der Waals surface area contributed by atoms with Crippen LogP contribution in [0.25, 0.3) is 11.6 Å². The molecule has 0 amide bonds. The van der Waals surface area contributed by atoms with E-state index in [1.54, 1.807) is 6.08 Å². The molecule has 6 rings (SSSR count). The maximum Gasteiger partial charge on any atom is 0.326 e. The topological polar surface area (TPSA) is 65.9 Å². The highest BCUT2D eigenvalue weighted by Gasteiger charge is 2.24. The highest BCUT2D eigenvalue weighted by Crippen LogP contribution is 2.36. The molecule has 2 aromatic carbocycles. The van der Waals surface area contributed by atoms with Crippen LogP contribution in [0.3, 0.4) is 0 Å². The van der Waals surface area contributed by atoms with Crippen molar-refractivity contribution in [1.29, 1.82) is 0 Å². The number of benzene rings is 2. The number of hydrogen-bond acceptors (Lipinski definition) is 7. The lowest BCUT2D eigenvalue weighted by Gasteiger charge is -2.33. The van der Waals surface area contributed by atoms with Crippen LogP contribution in [0.2, 0.25) is 0 Å². The highest BCUT2D eigenvalue weighted by molar-refractivity contribution is 6.10. The zero-order valence-corrected chi connectivity index (χ0v) is 21.3. The van der Waals surface area contributed by atoms with Crippen LogP contribution in [-0.2, 0) is 6.42 Å². The number of nitrogens with zero attached hydrogens (tertiary/aromatic N) is 5. The first kappa shape index (κ1) is 24.2. The van der Waals surface area contributed by atoms with Crippen LogP contribution < -0.4 is 15.0 Å². The first-order chi connectivity index (χ1) is 18.4. The van der Waals surface area contributed by atoms with Gasteiger partial charge in [0.2, 0.25) is 0 Å². The van der Waals surface area contributed by atoms with Crippen molar-refractivity contribution in [2.45, 2.75) is 13.3 Å². The third-order valence-corrected chi connectivity index (χ3v) is 7.02. The summed E-state index contributed by atoms with van der Waals surface area (Å²) < 4.78 is 35.9. The number of anilines is 2. The molecule has 1 fully saturated rings. The number of fused-ring (bicyclic) bond motifs is 1. The van der Waals surface area contributed by atoms with Gasteiger partial charge in [0.05, 0.1) is 6.54 Å². The van der Waals surface area contributed by atoms with Crippen molar-refractivity contribution >= 4 is 29.1 Å². The molecule has 0 bridgehead atoms. The molecule has 0 unspecified atom stereocenters. The minimum absolute atomic E-state index is 0.0632. The summed E-state index contributed by atoms with van der Waals surface area (Å²) in [6, 6.07) is 12.9. The molecule has 1 saturated heterocycles. The molecule has 194 valence electrons. The Labute approximate surface area is 220 Å². The van der Waals surface area contributed by atoms with E-state index in [9.17, 15) is 4.39 Å². The van der Waals surface area contributed by atoms with Crippen molar-refractivity contribution in [2.75, 3.05) is 50.0 Å². The van der Waals surface area contributed by atoms with Crippen molar-refractivity contribution < 1.29 is 13.5 Å². The van der Waals surface area contributed by atoms with Gasteiger partial charge in [-0.1, -0.05) is 42.0 Å². The molecule has 1 aliphatic carbocycles. The van der Waals surface area contributed by atoms with Gasteiger partial charge in [0.25, 0.3) is 0 Å². The Balaban J connectivity index is 1.31. The largest absolute Gasteiger partial charge is 0.421 e. The maximum atomic E-state index is 15.3. The van der Waals surface area contributed by atoms with Crippen molar-refractivity contribution in [1.82, 2.24) is 14.9 Å². The monoisotopic (exact) mass is 514 g/mol. The lowest BCUT2D eigenvalue weighted by atomic mass is 10.1. The maximum absolute atomic E-state index is 15.3. The van der Waals surface area contributed by atoms with Crippen LogP contribution in [0, 0.1) is 11.6 Å². The van der Waals surface area contributed by atoms with Gasteiger partial charge in [-0.2, -0.15) is 9.97 Å². The molecule has 7 nitrogen and oxygen atoms in total. The van der Waals surface area contributed by atoms with Gasteiger partial charge in [-0.25, -0.2) is 8.78 Å². The molecule has 1 N–H and O–H groups in total.